The van der Waals surface area contributed by atoms with E-state index in [1.807, 2.05) is 31.2 Å². The summed E-state index contributed by atoms with van der Waals surface area (Å²) in [5, 5.41) is 9.31. The van der Waals surface area contributed by atoms with Crippen molar-refractivity contribution in [1.29, 1.82) is 0 Å². The van der Waals surface area contributed by atoms with E-state index in [0.29, 0.717) is 34.0 Å². The Labute approximate surface area is 221 Å². The van der Waals surface area contributed by atoms with E-state index < -0.39 is 11.8 Å². The van der Waals surface area contributed by atoms with Crippen molar-refractivity contribution < 1.29 is 23.5 Å². The van der Waals surface area contributed by atoms with E-state index in [1.54, 1.807) is 36.4 Å². The lowest BCUT2D eigenvalue weighted by Crippen LogP contribution is -2.34. The number of fused-ring (bicyclic) bond motifs is 1. The van der Waals surface area contributed by atoms with Gasteiger partial charge < -0.3 is 24.5 Å². The molecule has 0 bridgehead atoms. The first-order valence-electron chi connectivity index (χ1n) is 10.7. The highest BCUT2D eigenvalue weighted by atomic mass is 79.9. The molecule has 10 heteroatoms. The minimum Gasteiger partial charge on any atom is -0.496 e. The number of halogens is 1. The lowest BCUT2D eigenvalue weighted by Gasteiger charge is -2.15. The van der Waals surface area contributed by atoms with E-state index in [9.17, 15) is 9.59 Å². The number of amides is 2. The zero-order chi connectivity index (χ0) is 25.8. The first-order valence-corrected chi connectivity index (χ1v) is 11.9. The van der Waals surface area contributed by atoms with Crippen LogP contribution in [0.5, 0.6) is 11.5 Å². The van der Waals surface area contributed by atoms with Gasteiger partial charge in [0.25, 0.3) is 11.8 Å². The molecule has 3 N–H and O–H groups in total. The molecular formula is C26H22BrN3O5S. The minimum absolute atomic E-state index is 0.0841. The predicted molar refractivity (Wildman–Crippen MR) is 146 cm³/mol. The highest BCUT2D eigenvalue weighted by Crippen LogP contribution is 2.30. The molecule has 4 rings (SSSR count). The molecule has 1 aromatic heterocycles. The van der Waals surface area contributed by atoms with Gasteiger partial charge in [-0.2, -0.15) is 0 Å². The van der Waals surface area contributed by atoms with E-state index in [0.717, 1.165) is 15.4 Å². The topological polar surface area (TPSA) is 102 Å². The summed E-state index contributed by atoms with van der Waals surface area (Å²) in [4.78, 5) is 25.5. The molecular weight excluding hydrogens is 546 g/mol. The van der Waals surface area contributed by atoms with Gasteiger partial charge in [-0.1, -0.05) is 34.1 Å². The van der Waals surface area contributed by atoms with Gasteiger partial charge in [-0.05, 0) is 61.1 Å². The molecule has 0 saturated carbocycles. The fourth-order valence-electron chi connectivity index (χ4n) is 3.65. The van der Waals surface area contributed by atoms with E-state index in [-0.39, 0.29) is 10.9 Å². The van der Waals surface area contributed by atoms with Gasteiger partial charge in [0.1, 0.15) is 17.1 Å². The third kappa shape index (κ3) is 5.50. The number of hydrogen-bond acceptors (Lipinski definition) is 6. The molecule has 0 aliphatic carbocycles. The third-order valence-electron chi connectivity index (χ3n) is 5.27. The molecule has 0 aliphatic heterocycles. The highest BCUT2D eigenvalue weighted by Gasteiger charge is 2.18. The Hall–Kier alpha value is -3.89. The van der Waals surface area contributed by atoms with Crippen LogP contribution in [0, 0.1) is 6.92 Å². The van der Waals surface area contributed by atoms with Gasteiger partial charge in [0.05, 0.1) is 25.5 Å². The molecule has 3 aromatic carbocycles. The second-order valence-electron chi connectivity index (χ2n) is 7.73. The molecule has 0 atom stereocenters. The maximum Gasteiger partial charge on any atom is 0.291 e. The average Bonchev–Trinajstić information content (AvgIpc) is 3.29. The number of methoxy groups -OCH3 is 2. The second kappa shape index (κ2) is 10.8. The van der Waals surface area contributed by atoms with E-state index in [4.69, 9.17) is 26.1 Å². The number of anilines is 2. The Bertz CT molecular complexity index is 1450. The van der Waals surface area contributed by atoms with Crippen LogP contribution in [0.2, 0.25) is 0 Å². The molecule has 0 aliphatic rings. The Kier molecular flexibility index (Phi) is 7.56. The molecule has 36 heavy (non-hydrogen) atoms. The van der Waals surface area contributed by atoms with Crippen molar-refractivity contribution >= 4 is 67.4 Å². The van der Waals surface area contributed by atoms with Crippen molar-refractivity contribution in [2.24, 2.45) is 0 Å². The number of nitrogens with one attached hydrogen (secondary N) is 3. The standard InChI is InChI=1S/C26H22BrN3O5S/c1-14-10-16(27)12-18(23(14)34-3)24(31)30-26(36)28-17-8-9-19(21(13-17)33-2)29-25(32)22-11-15-6-4-5-7-20(15)35-22/h4-13H,1-3H3,(H,29,32)(H2,28,30,31,36). The number of rotatable bonds is 6. The summed E-state index contributed by atoms with van der Waals surface area (Å²) in [6.07, 6.45) is 0. The monoisotopic (exact) mass is 567 g/mol. The fourth-order valence-corrected chi connectivity index (χ4v) is 4.44. The zero-order valence-corrected chi connectivity index (χ0v) is 22.0. The third-order valence-corrected chi connectivity index (χ3v) is 5.93. The summed E-state index contributed by atoms with van der Waals surface area (Å²) in [6.45, 7) is 1.85. The first-order chi connectivity index (χ1) is 17.3. The summed E-state index contributed by atoms with van der Waals surface area (Å²) < 4.78 is 17.2. The van der Waals surface area contributed by atoms with Crippen molar-refractivity contribution in [1.82, 2.24) is 5.32 Å². The number of thiocarbonyl (C=S) groups is 1. The smallest absolute Gasteiger partial charge is 0.291 e. The highest BCUT2D eigenvalue weighted by molar-refractivity contribution is 9.10. The van der Waals surface area contributed by atoms with Crippen LogP contribution in [0.15, 0.2) is 69.6 Å². The number of aryl methyl sites for hydroxylation is 1. The van der Waals surface area contributed by atoms with Crippen LogP contribution in [0.4, 0.5) is 11.4 Å². The van der Waals surface area contributed by atoms with Crippen molar-refractivity contribution in [3.63, 3.8) is 0 Å². The molecule has 184 valence electrons. The van der Waals surface area contributed by atoms with Crippen molar-refractivity contribution in [2.45, 2.75) is 6.92 Å². The van der Waals surface area contributed by atoms with Crippen LogP contribution in [-0.2, 0) is 0 Å². The average molecular weight is 568 g/mol. The molecule has 0 unspecified atom stereocenters. The van der Waals surface area contributed by atoms with E-state index >= 15 is 0 Å². The lowest BCUT2D eigenvalue weighted by molar-refractivity contribution is 0.0972. The largest absolute Gasteiger partial charge is 0.496 e. The van der Waals surface area contributed by atoms with Crippen LogP contribution in [-0.4, -0.2) is 31.1 Å². The quantitative estimate of drug-likeness (QED) is 0.249. The number of carbonyl (C=O) groups excluding carboxylic acids is 2. The number of ether oxygens (including phenoxy) is 2. The maximum absolute atomic E-state index is 12.8. The Morgan fingerprint density at radius 3 is 2.44 bits per heavy atom. The van der Waals surface area contributed by atoms with Crippen LogP contribution in [0.1, 0.15) is 26.5 Å². The Morgan fingerprint density at radius 1 is 0.944 bits per heavy atom. The number of furan rings is 1. The number of carbonyl (C=O) groups is 2. The van der Waals surface area contributed by atoms with Crippen LogP contribution in [0.3, 0.4) is 0 Å². The van der Waals surface area contributed by atoms with E-state index in [1.165, 1.54) is 14.2 Å². The maximum atomic E-state index is 12.8. The Balaban J connectivity index is 1.45. The number of para-hydroxylation sites is 1. The molecule has 0 saturated heterocycles. The van der Waals surface area contributed by atoms with Crippen LogP contribution in [0.25, 0.3) is 11.0 Å². The normalized spacial score (nSPS) is 10.6. The van der Waals surface area contributed by atoms with Crippen LogP contribution < -0.4 is 25.4 Å². The van der Waals surface area contributed by atoms with Gasteiger partial charge in [0.2, 0.25) is 0 Å². The molecule has 2 amide bonds. The zero-order valence-electron chi connectivity index (χ0n) is 19.6. The van der Waals surface area contributed by atoms with Crippen LogP contribution >= 0.6 is 28.1 Å². The van der Waals surface area contributed by atoms with Crippen molar-refractivity contribution in [2.75, 3.05) is 24.9 Å². The van der Waals surface area contributed by atoms with Crippen molar-refractivity contribution in [3.8, 4) is 11.5 Å². The predicted octanol–water partition coefficient (Wildman–Crippen LogP) is 5.90. The molecule has 1 heterocycles. The lowest BCUT2D eigenvalue weighted by atomic mass is 10.1. The summed E-state index contributed by atoms with van der Waals surface area (Å²) in [7, 11) is 2.99. The summed E-state index contributed by atoms with van der Waals surface area (Å²) >= 11 is 8.71. The number of benzene rings is 3. The Morgan fingerprint density at radius 2 is 1.72 bits per heavy atom. The van der Waals surface area contributed by atoms with Gasteiger partial charge in [0.15, 0.2) is 10.9 Å². The first kappa shape index (κ1) is 25.2. The molecule has 0 radical (unpaired) electrons. The summed E-state index contributed by atoms with van der Waals surface area (Å²) in [5.41, 5.74) is 2.77. The van der Waals surface area contributed by atoms with Gasteiger partial charge >= 0.3 is 0 Å². The van der Waals surface area contributed by atoms with Gasteiger partial charge in [-0.3, -0.25) is 14.9 Å². The van der Waals surface area contributed by atoms with Gasteiger partial charge in [-0.25, -0.2) is 0 Å². The van der Waals surface area contributed by atoms with E-state index in [2.05, 4.69) is 31.9 Å². The fraction of sp³-hybridized carbons (Fsp3) is 0.115. The van der Waals surface area contributed by atoms with Crippen molar-refractivity contribution in [3.05, 3.63) is 82.0 Å². The summed E-state index contributed by atoms with van der Waals surface area (Å²) in [6, 6.07) is 17.6. The van der Waals surface area contributed by atoms with Gasteiger partial charge in [0, 0.05) is 21.6 Å². The minimum atomic E-state index is -0.421. The number of hydrogen-bond donors (Lipinski definition) is 3. The molecule has 0 spiro atoms. The summed E-state index contributed by atoms with van der Waals surface area (Å²) in [5.74, 6) is 0.205. The molecule has 8 nitrogen and oxygen atoms in total. The second-order valence-corrected chi connectivity index (χ2v) is 9.05. The van der Waals surface area contributed by atoms with Gasteiger partial charge in [-0.15, -0.1) is 0 Å². The molecule has 0 fully saturated rings. The SMILES string of the molecule is COc1cc(NC(=S)NC(=O)c2cc(Br)cc(C)c2OC)ccc1NC(=O)c1cc2ccccc2o1. The molecule has 4 aromatic rings.